The molecule has 1 fully saturated rings. The SMILES string of the molecule is CCc1nc(CCc2cccc3c(Oc4ncccc4-c4ccnc(N[C@H]5CCCN(C(=O)OC(C)(C)C)C5)n4)c(C)ccc23)cs1. The van der Waals surface area contributed by atoms with Crippen LogP contribution in [0.25, 0.3) is 22.0 Å². The van der Waals surface area contributed by atoms with Gasteiger partial charge in [0, 0.05) is 42.3 Å². The van der Waals surface area contributed by atoms with Gasteiger partial charge in [-0.15, -0.1) is 11.3 Å². The minimum absolute atomic E-state index is 0.00729. The molecule has 0 spiro atoms. The van der Waals surface area contributed by atoms with Crippen LogP contribution >= 0.6 is 11.3 Å². The van der Waals surface area contributed by atoms with Gasteiger partial charge in [-0.05, 0) is 94.5 Å². The van der Waals surface area contributed by atoms with Crippen molar-refractivity contribution in [3.05, 3.63) is 88.1 Å². The lowest BCUT2D eigenvalue weighted by Gasteiger charge is -2.34. The molecule has 1 saturated heterocycles. The van der Waals surface area contributed by atoms with Crippen molar-refractivity contribution in [2.24, 2.45) is 0 Å². The van der Waals surface area contributed by atoms with Crippen LogP contribution in [0.4, 0.5) is 10.7 Å². The number of amides is 1. The van der Waals surface area contributed by atoms with Crippen molar-refractivity contribution in [3.63, 3.8) is 0 Å². The van der Waals surface area contributed by atoms with Crippen LogP contribution in [-0.4, -0.2) is 55.7 Å². The Bertz CT molecular complexity index is 1870. The van der Waals surface area contributed by atoms with Gasteiger partial charge >= 0.3 is 6.09 Å². The third-order valence-corrected chi connectivity index (χ3v) is 9.20. The number of rotatable bonds is 9. The zero-order chi connectivity index (χ0) is 33.0. The fourth-order valence-corrected chi connectivity index (χ4v) is 6.64. The molecule has 5 aromatic rings. The van der Waals surface area contributed by atoms with E-state index < -0.39 is 5.60 Å². The summed E-state index contributed by atoms with van der Waals surface area (Å²) in [5, 5.41) is 9.00. The molecule has 3 aromatic heterocycles. The third kappa shape index (κ3) is 7.88. The highest BCUT2D eigenvalue weighted by atomic mass is 32.1. The van der Waals surface area contributed by atoms with Gasteiger partial charge in [-0.3, -0.25) is 0 Å². The van der Waals surface area contributed by atoms with Crippen LogP contribution < -0.4 is 10.1 Å². The summed E-state index contributed by atoms with van der Waals surface area (Å²) in [6, 6.07) is 16.4. The number of aromatic nitrogens is 4. The Morgan fingerprint density at radius 1 is 1.02 bits per heavy atom. The predicted molar refractivity (Wildman–Crippen MR) is 187 cm³/mol. The number of hydrogen-bond donors (Lipinski definition) is 1. The largest absolute Gasteiger partial charge is 0.444 e. The molecule has 0 aliphatic carbocycles. The zero-order valence-corrected chi connectivity index (χ0v) is 28.6. The monoisotopic (exact) mass is 650 g/mol. The molecule has 1 aliphatic rings. The van der Waals surface area contributed by atoms with E-state index in [0.29, 0.717) is 30.6 Å². The summed E-state index contributed by atoms with van der Waals surface area (Å²) >= 11 is 1.74. The first-order chi connectivity index (χ1) is 22.7. The molecule has 9 nitrogen and oxygen atoms in total. The van der Waals surface area contributed by atoms with Gasteiger partial charge in [0.2, 0.25) is 11.8 Å². The quantitative estimate of drug-likeness (QED) is 0.170. The smallest absolute Gasteiger partial charge is 0.410 e. The molecule has 0 unspecified atom stereocenters. The molecule has 0 radical (unpaired) electrons. The van der Waals surface area contributed by atoms with Crippen molar-refractivity contribution in [2.45, 2.75) is 78.4 Å². The van der Waals surface area contributed by atoms with Crippen LogP contribution in [-0.2, 0) is 24.0 Å². The van der Waals surface area contributed by atoms with Crippen molar-refractivity contribution in [3.8, 4) is 22.9 Å². The van der Waals surface area contributed by atoms with E-state index in [1.54, 1.807) is 28.6 Å². The van der Waals surface area contributed by atoms with Crippen LogP contribution in [0, 0.1) is 6.92 Å². The number of carbonyl (C=O) groups is 1. The Labute approximate surface area is 280 Å². The molecule has 6 rings (SSSR count). The number of pyridine rings is 1. The van der Waals surface area contributed by atoms with Crippen LogP contribution in [0.15, 0.2) is 66.3 Å². The normalized spacial score (nSPS) is 15.1. The van der Waals surface area contributed by atoms with E-state index in [-0.39, 0.29) is 12.1 Å². The van der Waals surface area contributed by atoms with Crippen LogP contribution in [0.1, 0.15) is 62.4 Å². The van der Waals surface area contributed by atoms with E-state index in [0.717, 1.165) is 65.4 Å². The molecule has 0 saturated carbocycles. The number of fused-ring (bicyclic) bond motifs is 1. The van der Waals surface area contributed by atoms with Gasteiger partial charge in [-0.1, -0.05) is 37.3 Å². The van der Waals surface area contributed by atoms with Crippen molar-refractivity contribution >= 4 is 34.2 Å². The molecule has 244 valence electrons. The van der Waals surface area contributed by atoms with Crippen LogP contribution in [0.2, 0.25) is 0 Å². The lowest BCUT2D eigenvalue weighted by atomic mass is 9.98. The van der Waals surface area contributed by atoms with Gasteiger partial charge in [0.25, 0.3) is 0 Å². The Hall–Kier alpha value is -4.57. The van der Waals surface area contributed by atoms with E-state index >= 15 is 0 Å². The highest BCUT2D eigenvalue weighted by Gasteiger charge is 2.28. The first kappa shape index (κ1) is 32.4. The maximum atomic E-state index is 12.7. The Morgan fingerprint density at radius 3 is 2.70 bits per heavy atom. The van der Waals surface area contributed by atoms with E-state index in [9.17, 15) is 4.79 Å². The van der Waals surface area contributed by atoms with Crippen molar-refractivity contribution in [1.82, 2.24) is 24.8 Å². The number of piperidine rings is 1. The topological polar surface area (TPSA) is 102 Å². The zero-order valence-electron chi connectivity index (χ0n) is 27.7. The van der Waals surface area contributed by atoms with Crippen molar-refractivity contribution in [1.29, 1.82) is 0 Å². The lowest BCUT2D eigenvalue weighted by Crippen LogP contribution is -2.47. The predicted octanol–water partition coefficient (Wildman–Crippen LogP) is 8.41. The molecule has 1 aliphatic heterocycles. The first-order valence-corrected chi connectivity index (χ1v) is 17.2. The number of nitrogens with zero attached hydrogens (tertiary/aromatic N) is 5. The number of aryl methyl sites for hydroxylation is 4. The maximum Gasteiger partial charge on any atom is 0.410 e. The van der Waals surface area contributed by atoms with Gasteiger partial charge in [0.15, 0.2) is 0 Å². The minimum atomic E-state index is -0.536. The van der Waals surface area contributed by atoms with E-state index in [1.807, 2.05) is 39.0 Å². The fraction of sp³-hybridized carbons (Fsp3) is 0.378. The molecule has 1 amide bonds. The average molecular weight is 651 g/mol. The number of anilines is 1. The van der Waals surface area contributed by atoms with Crippen molar-refractivity contribution < 1.29 is 14.3 Å². The lowest BCUT2D eigenvalue weighted by molar-refractivity contribution is 0.0206. The van der Waals surface area contributed by atoms with E-state index in [1.165, 1.54) is 10.6 Å². The molecule has 1 atom stereocenters. The van der Waals surface area contributed by atoms with Crippen molar-refractivity contribution in [2.75, 3.05) is 18.4 Å². The molecular weight excluding hydrogens is 609 g/mol. The number of hydrogen-bond acceptors (Lipinski definition) is 9. The number of thiazole rings is 1. The van der Waals surface area contributed by atoms with E-state index in [4.69, 9.17) is 19.4 Å². The summed E-state index contributed by atoms with van der Waals surface area (Å²) in [5.41, 5.74) is 4.35. The third-order valence-electron chi connectivity index (χ3n) is 8.16. The Morgan fingerprint density at radius 2 is 1.89 bits per heavy atom. The van der Waals surface area contributed by atoms with Gasteiger partial charge in [-0.2, -0.15) is 0 Å². The highest BCUT2D eigenvalue weighted by Crippen LogP contribution is 2.38. The van der Waals surface area contributed by atoms with Gasteiger partial charge in [-0.25, -0.2) is 24.7 Å². The standard InChI is InChI=1S/C37H42N6O3S/c1-6-32-40-27(23-47-32)16-15-25-10-7-12-29-28(25)17-14-24(2)33(29)45-34-30(13-8-19-38-34)31-18-20-39-35(42-31)41-26-11-9-21-43(22-26)36(44)46-37(3,4)5/h7-8,10,12-14,17-20,23,26H,6,9,11,15-16,21-22H2,1-5H3,(H,39,41,42)/t26-/m0/s1. The Balaban J connectivity index is 1.22. The summed E-state index contributed by atoms with van der Waals surface area (Å²) in [4.78, 5) is 33.2. The fourth-order valence-electron chi connectivity index (χ4n) is 5.86. The van der Waals surface area contributed by atoms with Gasteiger partial charge < -0.3 is 19.7 Å². The summed E-state index contributed by atoms with van der Waals surface area (Å²) in [6.07, 6.45) is 7.71. The summed E-state index contributed by atoms with van der Waals surface area (Å²) in [7, 11) is 0. The summed E-state index contributed by atoms with van der Waals surface area (Å²) in [6.45, 7) is 11.0. The molecular formula is C37H42N6O3S. The number of nitrogens with one attached hydrogen (secondary N) is 1. The minimum Gasteiger partial charge on any atom is -0.444 e. The number of carbonyl (C=O) groups excluding carboxylic acids is 1. The molecule has 0 bridgehead atoms. The first-order valence-electron chi connectivity index (χ1n) is 16.3. The van der Waals surface area contributed by atoms with Gasteiger partial charge in [0.1, 0.15) is 11.4 Å². The van der Waals surface area contributed by atoms with Gasteiger partial charge in [0.05, 0.1) is 22.0 Å². The molecule has 4 heterocycles. The summed E-state index contributed by atoms with van der Waals surface area (Å²) < 4.78 is 12.2. The molecule has 2 aromatic carbocycles. The second kappa shape index (κ2) is 14.0. The van der Waals surface area contributed by atoms with Crippen LogP contribution in [0.5, 0.6) is 11.6 Å². The Kier molecular flexibility index (Phi) is 9.68. The van der Waals surface area contributed by atoms with E-state index in [2.05, 4.69) is 64.8 Å². The highest BCUT2D eigenvalue weighted by molar-refractivity contribution is 7.09. The maximum absolute atomic E-state index is 12.7. The molecule has 1 N–H and O–H groups in total. The molecule has 47 heavy (non-hydrogen) atoms. The number of benzene rings is 2. The molecule has 10 heteroatoms. The van der Waals surface area contributed by atoms with Crippen LogP contribution in [0.3, 0.4) is 0 Å². The number of likely N-dealkylation sites (tertiary alicyclic amines) is 1. The second-order valence-electron chi connectivity index (χ2n) is 12.9. The average Bonchev–Trinajstić information content (AvgIpc) is 3.53. The second-order valence-corrected chi connectivity index (χ2v) is 13.9. The number of ether oxygens (including phenoxy) is 2. The summed E-state index contributed by atoms with van der Waals surface area (Å²) in [5.74, 6) is 1.75.